The van der Waals surface area contributed by atoms with Gasteiger partial charge in [-0.2, -0.15) is 0 Å². The summed E-state index contributed by atoms with van der Waals surface area (Å²) in [5.74, 6) is 0. The van der Waals surface area contributed by atoms with E-state index in [9.17, 15) is 0 Å². The van der Waals surface area contributed by atoms with Crippen LogP contribution in [0.15, 0.2) is 18.3 Å². The third-order valence-electron chi connectivity index (χ3n) is 2.24. The number of rotatable bonds is 6. The molecule has 0 bridgehead atoms. The van der Waals surface area contributed by atoms with Crippen molar-refractivity contribution in [1.29, 1.82) is 0 Å². The minimum atomic E-state index is 0.167. The lowest BCUT2D eigenvalue weighted by atomic mass is 10.2. The number of aliphatic hydroxyl groups excluding tert-OH is 1. The van der Waals surface area contributed by atoms with Gasteiger partial charge in [0.25, 0.3) is 0 Å². The van der Waals surface area contributed by atoms with Crippen molar-refractivity contribution < 1.29 is 5.11 Å². The fourth-order valence-corrected chi connectivity index (χ4v) is 1.53. The molecule has 0 saturated heterocycles. The van der Waals surface area contributed by atoms with Gasteiger partial charge in [-0.1, -0.05) is 6.92 Å². The highest BCUT2D eigenvalue weighted by atomic mass is 16.3. The van der Waals surface area contributed by atoms with Crippen LogP contribution in [-0.2, 0) is 6.54 Å². The maximum absolute atomic E-state index is 8.97. The first-order chi connectivity index (χ1) is 7.31. The molecule has 1 aromatic heterocycles. The van der Waals surface area contributed by atoms with Gasteiger partial charge < -0.3 is 15.7 Å². The molecule has 0 atom stereocenters. The summed E-state index contributed by atoms with van der Waals surface area (Å²) in [7, 11) is 0. The van der Waals surface area contributed by atoms with Crippen molar-refractivity contribution in [2.75, 3.05) is 24.6 Å². The van der Waals surface area contributed by atoms with E-state index in [0.29, 0.717) is 13.1 Å². The van der Waals surface area contributed by atoms with Crippen LogP contribution in [0.3, 0.4) is 0 Å². The Morgan fingerprint density at radius 2 is 2.27 bits per heavy atom. The Hall–Kier alpha value is -1.13. The number of anilines is 1. The molecule has 0 aliphatic heterocycles. The maximum atomic E-state index is 8.97. The predicted molar refractivity (Wildman–Crippen MR) is 61.7 cm³/mol. The molecule has 1 aromatic rings. The molecule has 0 amide bonds. The third-order valence-corrected chi connectivity index (χ3v) is 2.24. The molecule has 0 spiro atoms. The van der Waals surface area contributed by atoms with Gasteiger partial charge in [0.05, 0.1) is 12.3 Å². The van der Waals surface area contributed by atoms with Crippen molar-refractivity contribution >= 4 is 5.69 Å². The summed E-state index contributed by atoms with van der Waals surface area (Å²) in [6.07, 6.45) is 2.82. The summed E-state index contributed by atoms with van der Waals surface area (Å²) >= 11 is 0. The summed E-state index contributed by atoms with van der Waals surface area (Å²) in [5.41, 5.74) is 7.50. The van der Waals surface area contributed by atoms with Crippen LogP contribution in [0, 0.1) is 0 Å². The minimum absolute atomic E-state index is 0.167. The SMILES string of the molecule is CCCN(CCO)c1ccnc(CN)c1. The van der Waals surface area contributed by atoms with Gasteiger partial charge in [0.2, 0.25) is 0 Å². The van der Waals surface area contributed by atoms with Crippen LogP contribution in [0.2, 0.25) is 0 Å². The van der Waals surface area contributed by atoms with Crippen molar-refractivity contribution in [2.24, 2.45) is 5.73 Å². The van der Waals surface area contributed by atoms with Crippen molar-refractivity contribution in [3.05, 3.63) is 24.0 Å². The first kappa shape index (κ1) is 11.9. The van der Waals surface area contributed by atoms with Crippen molar-refractivity contribution in [3.63, 3.8) is 0 Å². The van der Waals surface area contributed by atoms with Gasteiger partial charge >= 0.3 is 0 Å². The molecule has 1 rings (SSSR count). The Morgan fingerprint density at radius 3 is 2.87 bits per heavy atom. The Balaban J connectivity index is 2.79. The van der Waals surface area contributed by atoms with E-state index in [4.69, 9.17) is 10.8 Å². The monoisotopic (exact) mass is 209 g/mol. The topological polar surface area (TPSA) is 62.4 Å². The molecule has 1 heterocycles. The van der Waals surface area contributed by atoms with Crippen LogP contribution < -0.4 is 10.6 Å². The maximum Gasteiger partial charge on any atom is 0.0606 e. The second-order valence-electron chi connectivity index (χ2n) is 3.42. The highest BCUT2D eigenvalue weighted by molar-refractivity contribution is 5.46. The summed E-state index contributed by atoms with van der Waals surface area (Å²) in [6.45, 7) is 4.33. The second kappa shape index (κ2) is 6.37. The first-order valence-corrected chi connectivity index (χ1v) is 5.32. The van der Waals surface area contributed by atoms with Gasteiger partial charge in [-0.05, 0) is 18.6 Å². The van der Waals surface area contributed by atoms with Crippen molar-refractivity contribution in [1.82, 2.24) is 4.98 Å². The van der Waals surface area contributed by atoms with E-state index in [0.717, 1.165) is 24.3 Å². The Labute approximate surface area is 90.7 Å². The first-order valence-electron chi connectivity index (χ1n) is 5.32. The molecule has 0 aromatic carbocycles. The fraction of sp³-hybridized carbons (Fsp3) is 0.545. The van der Waals surface area contributed by atoms with Gasteiger partial charge in [0.1, 0.15) is 0 Å². The second-order valence-corrected chi connectivity index (χ2v) is 3.42. The van der Waals surface area contributed by atoms with E-state index in [1.54, 1.807) is 6.20 Å². The minimum Gasteiger partial charge on any atom is -0.395 e. The number of aromatic nitrogens is 1. The zero-order valence-electron chi connectivity index (χ0n) is 9.19. The number of hydrogen-bond donors (Lipinski definition) is 2. The fourth-order valence-electron chi connectivity index (χ4n) is 1.53. The molecule has 3 N–H and O–H groups in total. The predicted octanol–water partition coefficient (Wildman–Crippen LogP) is 0.749. The number of hydrogen-bond acceptors (Lipinski definition) is 4. The number of nitrogens with zero attached hydrogens (tertiary/aromatic N) is 2. The quantitative estimate of drug-likeness (QED) is 0.725. The average Bonchev–Trinajstić information content (AvgIpc) is 2.29. The van der Waals surface area contributed by atoms with E-state index in [1.165, 1.54) is 0 Å². The smallest absolute Gasteiger partial charge is 0.0606 e. The van der Waals surface area contributed by atoms with Crippen molar-refractivity contribution in [2.45, 2.75) is 19.9 Å². The lowest BCUT2D eigenvalue weighted by Crippen LogP contribution is -2.27. The number of aliphatic hydroxyl groups is 1. The van der Waals surface area contributed by atoms with Gasteiger partial charge in [-0.25, -0.2) is 0 Å². The van der Waals surface area contributed by atoms with Crippen molar-refractivity contribution in [3.8, 4) is 0 Å². The molecule has 15 heavy (non-hydrogen) atoms. The summed E-state index contributed by atoms with van der Waals surface area (Å²) in [6, 6.07) is 3.93. The van der Waals surface area contributed by atoms with Crippen LogP contribution in [0.25, 0.3) is 0 Å². The molecule has 0 fully saturated rings. The third kappa shape index (κ3) is 3.49. The Bertz CT molecular complexity index is 285. The van der Waals surface area contributed by atoms with E-state index in [-0.39, 0.29) is 6.61 Å². The molecule has 0 saturated carbocycles. The molecule has 84 valence electrons. The molecule has 0 aliphatic rings. The molecular formula is C11H19N3O. The zero-order chi connectivity index (χ0) is 11.1. The molecule has 0 radical (unpaired) electrons. The highest BCUT2D eigenvalue weighted by Crippen LogP contribution is 2.14. The van der Waals surface area contributed by atoms with Crippen LogP contribution >= 0.6 is 0 Å². The zero-order valence-corrected chi connectivity index (χ0v) is 9.19. The van der Waals surface area contributed by atoms with Gasteiger partial charge in [0.15, 0.2) is 0 Å². The lowest BCUT2D eigenvalue weighted by molar-refractivity contribution is 0.302. The van der Waals surface area contributed by atoms with Gasteiger partial charge in [-0.15, -0.1) is 0 Å². The average molecular weight is 209 g/mol. The molecule has 0 unspecified atom stereocenters. The van der Waals surface area contributed by atoms with Crippen LogP contribution in [-0.4, -0.2) is 29.8 Å². The largest absolute Gasteiger partial charge is 0.395 e. The summed E-state index contributed by atoms with van der Waals surface area (Å²) in [4.78, 5) is 6.29. The molecule has 4 nitrogen and oxygen atoms in total. The molecule has 4 heteroatoms. The van der Waals surface area contributed by atoms with E-state index >= 15 is 0 Å². The van der Waals surface area contributed by atoms with Crippen LogP contribution in [0.5, 0.6) is 0 Å². The number of nitrogens with two attached hydrogens (primary N) is 1. The van der Waals surface area contributed by atoms with Crippen LogP contribution in [0.1, 0.15) is 19.0 Å². The normalized spacial score (nSPS) is 10.3. The Morgan fingerprint density at radius 1 is 1.47 bits per heavy atom. The number of pyridine rings is 1. The standard InChI is InChI=1S/C11H19N3O/c1-2-5-14(6-7-15)11-3-4-13-10(8-11)9-12/h3-4,8,15H,2,5-7,9,12H2,1H3. The van der Waals surface area contributed by atoms with E-state index in [1.807, 2.05) is 12.1 Å². The summed E-state index contributed by atoms with van der Waals surface area (Å²) < 4.78 is 0. The summed E-state index contributed by atoms with van der Waals surface area (Å²) in [5, 5.41) is 8.97. The van der Waals surface area contributed by atoms with Gasteiger partial charge in [-0.3, -0.25) is 4.98 Å². The van der Waals surface area contributed by atoms with E-state index in [2.05, 4.69) is 16.8 Å². The van der Waals surface area contributed by atoms with Gasteiger partial charge in [0, 0.05) is 31.5 Å². The Kier molecular flexibility index (Phi) is 5.07. The van der Waals surface area contributed by atoms with E-state index < -0.39 is 0 Å². The molecule has 0 aliphatic carbocycles. The molecular weight excluding hydrogens is 190 g/mol. The van der Waals surface area contributed by atoms with Crippen LogP contribution in [0.4, 0.5) is 5.69 Å². The highest BCUT2D eigenvalue weighted by Gasteiger charge is 2.05. The lowest BCUT2D eigenvalue weighted by Gasteiger charge is -2.23.